The van der Waals surface area contributed by atoms with Crippen molar-refractivity contribution in [1.29, 1.82) is 0 Å². The van der Waals surface area contributed by atoms with Gasteiger partial charge in [0.15, 0.2) is 0 Å². The van der Waals surface area contributed by atoms with Crippen molar-refractivity contribution in [3.63, 3.8) is 0 Å². The summed E-state index contributed by atoms with van der Waals surface area (Å²) in [5.41, 5.74) is -0.916. The molecule has 2 heterocycles. The van der Waals surface area contributed by atoms with Gasteiger partial charge in [0.1, 0.15) is 11.2 Å². The molecule has 9 heteroatoms. The molecule has 192 valence electrons. The zero-order valence-electron chi connectivity index (χ0n) is 21.6. The molecule has 9 nitrogen and oxygen atoms in total. The lowest BCUT2D eigenvalue weighted by atomic mass is 10.1. The predicted octanol–water partition coefficient (Wildman–Crippen LogP) is 2.98. The number of nitrogens with zero attached hydrogens (tertiary/aromatic N) is 2. The van der Waals surface area contributed by atoms with E-state index in [4.69, 9.17) is 14.2 Å². The summed E-state index contributed by atoms with van der Waals surface area (Å²) < 4.78 is 16.7. The molecule has 0 aromatic heterocycles. The van der Waals surface area contributed by atoms with Gasteiger partial charge in [0.2, 0.25) is 0 Å². The van der Waals surface area contributed by atoms with Gasteiger partial charge in [-0.15, -0.1) is 0 Å². The van der Waals surface area contributed by atoms with Crippen LogP contribution >= 0.6 is 0 Å². The van der Waals surface area contributed by atoms with E-state index in [1.165, 1.54) is 0 Å². The minimum Gasteiger partial charge on any atom is -0.444 e. The lowest BCUT2D eigenvalue weighted by Crippen LogP contribution is -2.59. The first-order valence-electron chi connectivity index (χ1n) is 12.4. The Morgan fingerprint density at radius 2 is 1.09 bits per heavy atom. The van der Waals surface area contributed by atoms with E-state index in [0.29, 0.717) is 13.1 Å². The Morgan fingerprint density at radius 3 is 1.42 bits per heavy atom. The number of carbonyl (C=O) groups excluding carboxylic acids is 2. The Hall–Kier alpha value is -1.58. The Morgan fingerprint density at radius 1 is 0.727 bits per heavy atom. The molecule has 0 spiro atoms. The number of morpholine rings is 2. The van der Waals surface area contributed by atoms with E-state index in [-0.39, 0.29) is 24.4 Å². The van der Waals surface area contributed by atoms with E-state index < -0.39 is 11.2 Å². The first kappa shape index (κ1) is 27.7. The maximum absolute atomic E-state index is 11.7. The second-order valence-electron chi connectivity index (χ2n) is 11.2. The number of fused-ring (bicyclic) bond motifs is 2. The molecule has 0 saturated carbocycles. The largest absolute Gasteiger partial charge is 0.444 e. The van der Waals surface area contributed by atoms with Gasteiger partial charge in [-0.1, -0.05) is 0 Å². The molecular formula is C24H46N4O5. The van der Waals surface area contributed by atoms with Gasteiger partial charge in [0.05, 0.1) is 12.2 Å². The van der Waals surface area contributed by atoms with Crippen LogP contribution < -0.4 is 10.6 Å². The summed E-state index contributed by atoms with van der Waals surface area (Å²) >= 11 is 0. The highest BCUT2D eigenvalue weighted by Gasteiger charge is 2.34. The number of carbonyl (C=O) groups is 2. The van der Waals surface area contributed by atoms with Gasteiger partial charge >= 0.3 is 12.2 Å². The molecule has 2 fully saturated rings. The van der Waals surface area contributed by atoms with Crippen LogP contribution in [0, 0.1) is 0 Å². The van der Waals surface area contributed by atoms with E-state index in [1.807, 2.05) is 41.5 Å². The van der Waals surface area contributed by atoms with Crippen molar-refractivity contribution in [1.82, 2.24) is 20.4 Å². The monoisotopic (exact) mass is 470 g/mol. The zero-order chi connectivity index (χ0) is 24.5. The van der Waals surface area contributed by atoms with E-state index in [0.717, 1.165) is 65.0 Å². The van der Waals surface area contributed by atoms with Crippen LogP contribution in [-0.2, 0) is 14.2 Å². The van der Waals surface area contributed by atoms with Crippen LogP contribution in [0.1, 0.15) is 67.2 Å². The summed E-state index contributed by atoms with van der Waals surface area (Å²) in [6, 6.07) is 0. The van der Waals surface area contributed by atoms with E-state index in [1.54, 1.807) is 0 Å². The van der Waals surface area contributed by atoms with Crippen molar-refractivity contribution in [2.75, 3.05) is 52.4 Å². The number of unbranched alkanes of at least 4 members (excludes halogenated alkanes) is 2. The Labute approximate surface area is 199 Å². The number of amides is 2. The predicted molar refractivity (Wildman–Crippen MR) is 128 cm³/mol. The van der Waals surface area contributed by atoms with Crippen LogP contribution in [0.2, 0.25) is 0 Å². The number of hydrogen-bond acceptors (Lipinski definition) is 7. The standard InChI is InChI=1S/C24H46N4O5/c1-23(2,3)32-21(29)25-11-7-9-13-27-15-19-17-28(18-20(16-27)31-19)14-10-8-12-26-22(30)33-24(4,5)6/h19-20H,7-18H2,1-6H3,(H,25,29)(H,26,30). The van der Waals surface area contributed by atoms with Gasteiger partial charge in [0.25, 0.3) is 0 Å². The van der Waals surface area contributed by atoms with Crippen molar-refractivity contribution in [3.8, 4) is 0 Å². The Balaban J connectivity index is 1.53. The molecule has 0 aromatic rings. The fraction of sp³-hybridized carbons (Fsp3) is 0.917. The second kappa shape index (κ2) is 12.8. The number of rotatable bonds is 10. The smallest absolute Gasteiger partial charge is 0.407 e. The third-order valence-corrected chi connectivity index (χ3v) is 5.37. The highest BCUT2D eigenvalue weighted by atomic mass is 16.6. The highest BCUT2D eigenvalue weighted by molar-refractivity contribution is 5.67. The Bertz CT molecular complexity index is 553. The first-order chi connectivity index (χ1) is 15.4. The minimum atomic E-state index is -0.458. The first-order valence-corrected chi connectivity index (χ1v) is 12.4. The number of hydrogen-bond donors (Lipinski definition) is 2. The van der Waals surface area contributed by atoms with Crippen LogP contribution in [0.25, 0.3) is 0 Å². The maximum Gasteiger partial charge on any atom is 0.407 e. The van der Waals surface area contributed by atoms with E-state index in [2.05, 4.69) is 20.4 Å². The summed E-state index contributed by atoms with van der Waals surface area (Å²) in [5.74, 6) is 0. The molecule has 2 N–H and O–H groups in total. The van der Waals surface area contributed by atoms with Crippen molar-refractivity contribution in [2.24, 2.45) is 0 Å². The molecule has 2 aliphatic heterocycles. The van der Waals surface area contributed by atoms with Crippen molar-refractivity contribution in [3.05, 3.63) is 0 Å². The van der Waals surface area contributed by atoms with Gasteiger partial charge in [-0.3, -0.25) is 9.80 Å². The second-order valence-corrected chi connectivity index (χ2v) is 11.2. The van der Waals surface area contributed by atoms with Crippen LogP contribution in [0.3, 0.4) is 0 Å². The molecule has 2 bridgehead atoms. The van der Waals surface area contributed by atoms with Gasteiger partial charge in [-0.2, -0.15) is 0 Å². The summed E-state index contributed by atoms with van der Waals surface area (Å²) in [6.45, 7) is 18.4. The molecule has 33 heavy (non-hydrogen) atoms. The Kier molecular flexibility index (Phi) is 10.7. The number of nitrogens with one attached hydrogen (secondary N) is 2. The van der Waals surface area contributed by atoms with Crippen LogP contribution in [0.5, 0.6) is 0 Å². The average Bonchev–Trinajstić information content (AvgIpc) is 2.64. The molecule has 0 aliphatic carbocycles. The summed E-state index contributed by atoms with van der Waals surface area (Å²) in [7, 11) is 0. The third kappa shape index (κ3) is 12.5. The topological polar surface area (TPSA) is 92.4 Å². The molecule has 2 aliphatic rings. The van der Waals surface area contributed by atoms with Crippen molar-refractivity contribution in [2.45, 2.75) is 90.6 Å². The molecule has 0 aromatic carbocycles. The zero-order valence-corrected chi connectivity index (χ0v) is 21.6. The molecule has 0 radical (unpaired) electrons. The van der Waals surface area contributed by atoms with Crippen LogP contribution in [0.4, 0.5) is 9.59 Å². The summed E-state index contributed by atoms with van der Waals surface area (Å²) in [5, 5.41) is 5.65. The maximum atomic E-state index is 11.7. The van der Waals surface area contributed by atoms with Crippen LogP contribution in [0.15, 0.2) is 0 Å². The minimum absolute atomic E-state index is 0.261. The summed E-state index contributed by atoms with van der Waals surface area (Å²) in [4.78, 5) is 28.4. The quantitative estimate of drug-likeness (QED) is 0.474. The molecular weight excluding hydrogens is 424 g/mol. The lowest BCUT2D eigenvalue weighted by Gasteiger charge is -2.46. The van der Waals surface area contributed by atoms with E-state index >= 15 is 0 Å². The molecule has 2 saturated heterocycles. The summed E-state index contributed by atoms with van der Waals surface area (Å²) in [6.07, 6.45) is 3.81. The average molecular weight is 471 g/mol. The molecule has 2 rings (SSSR count). The number of alkyl carbamates (subject to hydrolysis) is 2. The van der Waals surface area contributed by atoms with Gasteiger partial charge in [-0.05, 0) is 80.3 Å². The van der Waals surface area contributed by atoms with Crippen LogP contribution in [-0.4, -0.2) is 97.8 Å². The van der Waals surface area contributed by atoms with E-state index in [9.17, 15) is 9.59 Å². The fourth-order valence-corrected chi connectivity index (χ4v) is 4.16. The van der Waals surface area contributed by atoms with Crippen molar-refractivity contribution >= 4 is 12.2 Å². The van der Waals surface area contributed by atoms with Gasteiger partial charge in [0, 0.05) is 39.3 Å². The molecule has 0 atom stereocenters. The highest BCUT2D eigenvalue weighted by Crippen LogP contribution is 2.20. The van der Waals surface area contributed by atoms with Gasteiger partial charge < -0.3 is 24.8 Å². The molecule has 2 amide bonds. The SMILES string of the molecule is CC(C)(C)OC(=O)NCCCCN1CC2CN(CCCCNC(=O)OC(C)(C)C)CC(C1)O2. The lowest BCUT2D eigenvalue weighted by molar-refractivity contribution is -0.138. The third-order valence-electron chi connectivity index (χ3n) is 5.37. The number of ether oxygens (including phenoxy) is 3. The fourth-order valence-electron chi connectivity index (χ4n) is 4.16. The van der Waals surface area contributed by atoms with Gasteiger partial charge in [-0.25, -0.2) is 9.59 Å². The molecule has 0 unspecified atom stereocenters. The van der Waals surface area contributed by atoms with Crippen molar-refractivity contribution < 1.29 is 23.8 Å². The normalized spacial score (nSPS) is 22.0.